The lowest BCUT2D eigenvalue weighted by Crippen LogP contribution is -2.30. The van der Waals surface area contributed by atoms with Crippen LogP contribution in [-0.4, -0.2) is 26.1 Å². The highest BCUT2D eigenvalue weighted by Crippen LogP contribution is 2.20. The Morgan fingerprint density at radius 3 is 2.88 bits per heavy atom. The summed E-state index contributed by atoms with van der Waals surface area (Å²) in [5.74, 6) is -0.0222. The third kappa shape index (κ3) is 4.30. The second-order valence-corrected chi connectivity index (χ2v) is 3.55. The molecule has 0 radical (unpaired) electrons. The van der Waals surface area contributed by atoms with Crippen LogP contribution in [-0.2, 0) is 4.79 Å². The van der Waals surface area contributed by atoms with Crippen LogP contribution in [0.15, 0.2) is 18.2 Å². The Labute approximate surface area is 100 Å². The van der Waals surface area contributed by atoms with Crippen molar-refractivity contribution in [1.29, 1.82) is 0 Å². The molecule has 5 heteroatoms. The first-order chi connectivity index (χ1) is 8.17. The number of benzene rings is 1. The summed E-state index contributed by atoms with van der Waals surface area (Å²) >= 11 is 0. The van der Waals surface area contributed by atoms with Crippen LogP contribution in [0.25, 0.3) is 0 Å². The number of halogens is 1. The van der Waals surface area contributed by atoms with Gasteiger partial charge in [0.1, 0.15) is 11.6 Å². The summed E-state index contributed by atoms with van der Waals surface area (Å²) in [4.78, 5) is 11.3. The van der Waals surface area contributed by atoms with Crippen LogP contribution in [0.3, 0.4) is 0 Å². The summed E-state index contributed by atoms with van der Waals surface area (Å²) in [7, 11) is 1.50. The minimum atomic E-state index is -0.408. The molecule has 0 aliphatic heterocycles. The number of hydrogen-bond donors (Lipinski definition) is 2. The highest BCUT2D eigenvalue weighted by atomic mass is 19.1. The maximum absolute atomic E-state index is 13.4. The van der Waals surface area contributed by atoms with Gasteiger partial charge in [-0.3, -0.25) is 4.79 Å². The zero-order valence-corrected chi connectivity index (χ0v) is 10.0. The van der Waals surface area contributed by atoms with Crippen LogP contribution in [0.5, 0.6) is 5.75 Å². The van der Waals surface area contributed by atoms with Crippen molar-refractivity contribution in [3.05, 3.63) is 24.0 Å². The van der Waals surface area contributed by atoms with E-state index in [-0.39, 0.29) is 18.1 Å². The van der Waals surface area contributed by atoms with Crippen molar-refractivity contribution < 1.29 is 13.9 Å². The predicted molar refractivity (Wildman–Crippen MR) is 64.7 cm³/mol. The molecule has 0 fully saturated rings. The van der Waals surface area contributed by atoms with Gasteiger partial charge in [-0.1, -0.05) is 6.92 Å². The summed E-state index contributed by atoms with van der Waals surface area (Å²) < 4.78 is 18.3. The van der Waals surface area contributed by atoms with E-state index < -0.39 is 5.82 Å². The number of amides is 1. The van der Waals surface area contributed by atoms with Crippen LogP contribution in [0.1, 0.15) is 13.3 Å². The fraction of sp³-hybridized carbons (Fsp3) is 0.417. The molecule has 0 saturated heterocycles. The molecule has 17 heavy (non-hydrogen) atoms. The molecule has 0 unspecified atom stereocenters. The second-order valence-electron chi connectivity index (χ2n) is 3.55. The van der Waals surface area contributed by atoms with Crippen molar-refractivity contribution in [1.82, 2.24) is 5.32 Å². The number of rotatable bonds is 6. The molecule has 1 aromatic carbocycles. The van der Waals surface area contributed by atoms with E-state index in [0.29, 0.717) is 12.3 Å². The van der Waals surface area contributed by atoms with Crippen molar-refractivity contribution in [3.8, 4) is 5.75 Å². The molecule has 1 amide bonds. The molecule has 94 valence electrons. The molecule has 0 aliphatic carbocycles. The molecule has 0 spiro atoms. The number of anilines is 1. The van der Waals surface area contributed by atoms with Crippen molar-refractivity contribution in [2.75, 3.05) is 25.5 Å². The Kier molecular flexibility index (Phi) is 5.26. The molecule has 0 heterocycles. The normalized spacial score (nSPS) is 9.82. The van der Waals surface area contributed by atoms with Gasteiger partial charge in [-0.25, -0.2) is 4.39 Å². The number of methoxy groups -OCH3 is 1. The molecule has 0 aromatic heterocycles. The van der Waals surface area contributed by atoms with Crippen molar-refractivity contribution in [3.63, 3.8) is 0 Å². The predicted octanol–water partition coefficient (Wildman–Crippen LogP) is 1.77. The van der Waals surface area contributed by atoms with Crippen LogP contribution in [0, 0.1) is 5.82 Å². The van der Waals surface area contributed by atoms with E-state index in [4.69, 9.17) is 4.74 Å². The molecular weight excluding hydrogens is 223 g/mol. The molecular formula is C12H17FN2O2. The van der Waals surface area contributed by atoms with Crippen molar-refractivity contribution in [2.45, 2.75) is 13.3 Å². The first-order valence-corrected chi connectivity index (χ1v) is 5.51. The molecule has 0 atom stereocenters. The Morgan fingerprint density at radius 2 is 2.24 bits per heavy atom. The lowest BCUT2D eigenvalue weighted by molar-refractivity contribution is -0.119. The van der Waals surface area contributed by atoms with Crippen LogP contribution in [0.2, 0.25) is 0 Å². The minimum Gasteiger partial charge on any atom is -0.497 e. The number of nitrogens with one attached hydrogen (secondary N) is 2. The van der Waals surface area contributed by atoms with E-state index >= 15 is 0 Å². The summed E-state index contributed by atoms with van der Waals surface area (Å²) in [6.07, 6.45) is 0.874. The molecule has 1 aromatic rings. The fourth-order valence-corrected chi connectivity index (χ4v) is 1.27. The molecule has 0 saturated carbocycles. The van der Waals surface area contributed by atoms with Crippen LogP contribution < -0.4 is 15.4 Å². The number of carbonyl (C=O) groups excluding carboxylic acids is 1. The molecule has 1 rings (SSSR count). The van der Waals surface area contributed by atoms with Crippen molar-refractivity contribution >= 4 is 11.6 Å². The van der Waals surface area contributed by atoms with E-state index in [9.17, 15) is 9.18 Å². The maximum Gasteiger partial charge on any atom is 0.239 e. The molecule has 4 nitrogen and oxygen atoms in total. The first kappa shape index (κ1) is 13.3. The van der Waals surface area contributed by atoms with Gasteiger partial charge in [0.25, 0.3) is 0 Å². The van der Waals surface area contributed by atoms with Crippen LogP contribution in [0.4, 0.5) is 10.1 Å². The topological polar surface area (TPSA) is 50.4 Å². The third-order valence-corrected chi connectivity index (χ3v) is 2.19. The second kappa shape index (κ2) is 6.73. The quantitative estimate of drug-likeness (QED) is 0.796. The van der Waals surface area contributed by atoms with E-state index in [1.165, 1.54) is 25.3 Å². The van der Waals surface area contributed by atoms with Gasteiger partial charge in [-0.05, 0) is 18.6 Å². The zero-order valence-electron chi connectivity index (χ0n) is 10.0. The average molecular weight is 240 g/mol. The first-order valence-electron chi connectivity index (χ1n) is 5.51. The van der Waals surface area contributed by atoms with Gasteiger partial charge in [-0.15, -0.1) is 0 Å². The van der Waals surface area contributed by atoms with E-state index in [1.54, 1.807) is 0 Å². The van der Waals surface area contributed by atoms with Gasteiger partial charge < -0.3 is 15.4 Å². The lowest BCUT2D eigenvalue weighted by atomic mass is 10.3. The SMILES string of the molecule is CCCNC(=O)CNc1cc(OC)ccc1F. The average Bonchev–Trinajstić information content (AvgIpc) is 2.35. The Morgan fingerprint density at radius 1 is 1.47 bits per heavy atom. The van der Waals surface area contributed by atoms with Gasteiger partial charge in [0.2, 0.25) is 5.91 Å². The summed E-state index contributed by atoms with van der Waals surface area (Å²) in [5.41, 5.74) is 0.260. The smallest absolute Gasteiger partial charge is 0.239 e. The molecule has 0 aliphatic rings. The van der Waals surface area contributed by atoms with E-state index in [1.807, 2.05) is 6.92 Å². The lowest BCUT2D eigenvalue weighted by Gasteiger charge is -2.09. The zero-order chi connectivity index (χ0) is 12.7. The van der Waals surface area contributed by atoms with Crippen molar-refractivity contribution in [2.24, 2.45) is 0 Å². The van der Waals surface area contributed by atoms with Gasteiger partial charge in [0, 0.05) is 12.6 Å². The van der Waals surface area contributed by atoms with E-state index in [2.05, 4.69) is 10.6 Å². The van der Waals surface area contributed by atoms with Gasteiger partial charge in [-0.2, -0.15) is 0 Å². The Bertz CT molecular complexity index is 383. The molecule has 2 N–H and O–H groups in total. The summed E-state index contributed by atoms with van der Waals surface area (Å²) in [6, 6.07) is 4.34. The number of carbonyl (C=O) groups is 1. The Hall–Kier alpha value is -1.78. The molecule has 0 bridgehead atoms. The fourth-order valence-electron chi connectivity index (χ4n) is 1.27. The summed E-state index contributed by atoms with van der Waals surface area (Å²) in [5, 5.41) is 5.42. The Balaban J connectivity index is 2.53. The maximum atomic E-state index is 13.4. The third-order valence-electron chi connectivity index (χ3n) is 2.19. The van der Waals surface area contributed by atoms with Gasteiger partial charge in [0.15, 0.2) is 0 Å². The monoisotopic (exact) mass is 240 g/mol. The highest BCUT2D eigenvalue weighted by Gasteiger charge is 2.05. The number of ether oxygens (including phenoxy) is 1. The highest BCUT2D eigenvalue weighted by molar-refractivity contribution is 5.80. The van der Waals surface area contributed by atoms with Gasteiger partial charge in [0.05, 0.1) is 19.3 Å². The number of hydrogen-bond acceptors (Lipinski definition) is 3. The largest absolute Gasteiger partial charge is 0.497 e. The van der Waals surface area contributed by atoms with Gasteiger partial charge >= 0.3 is 0 Å². The van der Waals surface area contributed by atoms with Crippen LogP contribution >= 0.6 is 0 Å². The summed E-state index contributed by atoms with van der Waals surface area (Å²) in [6.45, 7) is 2.64. The standard InChI is InChI=1S/C12H17FN2O2/c1-3-6-14-12(16)8-15-11-7-9(17-2)4-5-10(11)13/h4-5,7,15H,3,6,8H2,1-2H3,(H,14,16). The van der Waals surface area contributed by atoms with E-state index in [0.717, 1.165) is 6.42 Å². The minimum absolute atomic E-state index is 0.0457.